The number of benzene rings is 4. The number of halogens is 3. The van der Waals surface area contributed by atoms with Crippen LogP contribution in [0.2, 0.25) is 0 Å². The van der Waals surface area contributed by atoms with Crippen molar-refractivity contribution in [3.8, 4) is 16.4 Å². The van der Waals surface area contributed by atoms with Gasteiger partial charge in [0.1, 0.15) is 11.4 Å². The van der Waals surface area contributed by atoms with E-state index in [0.29, 0.717) is 11.3 Å². The van der Waals surface area contributed by atoms with Crippen LogP contribution in [0, 0.1) is 0 Å². The normalized spacial score (nSPS) is 11.9. The molecule has 0 aliphatic carbocycles. The molecule has 42 heavy (non-hydrogen) atoms. The first kappa shape index (κ1) is 28.9. The summed E-state index contributed by atoms with van der Waals surface area (Å²) >= 11 is 0. The zero-order valence-corrected chi connectivity index (χ0v) is 23.7. The number of hydrogen-bond donors (Lipinski definition) is 0. The zero-order chi connectivity index (χ0) is 30.1. The van der Waals surface area contributed by atoms with E-state index in [9.17, 15) is 22.8 Å². The molecule has 0 aliphatic heterocycles. The van der Waals surface area contributed by atoms with Crippen LogP contribution >= 0.6 is 10.5 Å². The van der Waals surface area contributed by atoms with Gasteiger partial charge in [0, 0.05) is 27.3 Å². The molecule has 0 N–H and O–H groups in total. The smallest absolute Gasteiger partial charge is 0.491 e. The molecule has 216 valence electrons. The van der Waals surface area contributed by atoms with Gasteiger partial charge in [-0.15, -0.1) is 13.2 Å². The van der Waals surface area contributed by atoms with Gasteiger partial charge in [-0.05, 0) is 67.9 Å². The fourth-order valence-corrected chi connectivity index (χ4v) is 7.22. The summed E-state index contributed by atoms with van der Waals surface area (Å²) in [5.74, 6) is -1.31. The van der Waals surface area contributed by atoms with E-state index >= 15 is 0 Å². The van der Waals surface area contributed by atoms with Crippen molar-refractivity contribution in [2.75, 3.05) is 13.7 Å². The molecule has 4 aromatic carbocycles. The van der Waals surface area contributed by atoms with Crippen LogP contribution in [0.1, 0.15) is 29.8 Å². The molecular formula is C32H26F3O6S+. The van der Waals surface area contributed by atoms with Crippen molar-refractivity contribution >= 4 is 42.6 Å². The highest BCUT2D eigenvalue weighted by Gasteiger charge is 2.32. The van der Waals surface area contributed by atoms with E-state index in [-0.39, 0.29) is 5.56 Å². The summed E-state index contributed by atoms with van der Waals surface area (Å²) in [4.78, 5) is 26.4. The maximum atomic E-state index is 13.0. The van der Waals surface area contributed by atoms with Crippen LogP contribution in [0.15, 0.2) is 91.0 Å². The van der Waals surface area contributed by atoms with E-state index in [1.807, 2.05) is 24.3 Å². The zero-order valence-electron chi connectivity index (χ0n) is 22.9. The summed E-state index contributed by atoms with van der Waals surface area (Å²) in [6.07, 6.45) is -4.81. The molecule has 6 nitrogen and oxygen atoms in total. The number of fused-ring (bicyclic) bond motifs is 3. The summed E-state index contributed by atoms with van der Waals surface area (Å²) in [7, 11) is 1.04. The first-order chi connectivity index (χ1) is 20.0. The number of hydrogen-bond acceptors (Lipinski definition) is 6. The highest BCUT2D eigenvalue weighted by Crippen LogP contribution is 2.51. The lowest BCUT2D eigenvalue weighted by Gasteiger charge is -2.25. The SMILES string of the molecule is COc1ccc(C(=O)OCC(=O)OC(C)(C)c2ccc(OC(F)(F)F)cc2)cc1-[s+]1c2ccccc2c2ccccc21. The summed E-state index contributed by atoms with van der Waals surface area (Å²) in [6.45, 7) is 2.48. The predicted molar refractivity (Wildman–Crippen MR) is 154 cm³/mol. The van der Waals surface area contributed by atoms with Crippen molar-refractivity contribution in [3.63, 3.8) is 0 Å². The molecule has 5 rings (SSSR count). The molecule has 1 heterocycles. The van der Waals surface area contributed by atoms with E-state index in [1.54, 1.807) is 39.2 Å². The second kappa shape index (κ2) is 11.4. The van der Waals surface area contributed by atoms with E-state index in [1.165, 1.54) is 12.1 Å². The minimum atomic E-state index is -4.81. The van der Waals surface area contributed by atoms with Crippen LogP contribution in [0.25, 0.3) is 25.1 Å². The van der Waals surface area contributed by atoms with Crippen molar-refractivity contribution < 1.29 is 41.7 Å². The Balaban J connectivity index is 1.32. The number of ether oxygens (including phenoxy) is 4. The van der Waals surface area contributed by atoms with Gasteiger partial charge in [0.25, 0.3) is 0 Å². The first-order valence-corrected chi connectivity index (χ1v) is 14.1. The molecule has 10 heteroatoms. The minimum absolute atomic E-state index is 0.243. The van der Waals surface area contributed by atoms with E-state index in [4.69, 9.17) is 14.2 Å². The van der Waals surface area contributed by atoms with E-state index in [2.05, 4.69) is 29.0 Å². The average molecular weight is 596 g/mol. The molecule has 1 aromatic heterocycles. The maximum Gasteiger partial charge on any atom is 0.573 e. The van der Waals surface area contributed by atoms with Crippen molar-refractivity contribution in [1.82, 2.24) is 0 Å². The van der Waals surface area contributed by atoms with Crippen molar-refractivity contribution in [2.45, 2.75) is 25.8 Å². The summed E-state index contributed by atoms with van der Waals surface area (Å²) in [5, 5.41) is 2.25. The molecule has 0 amide bonds. The summed E-state index contributed by atoms with van der Waals surface area (Å²) < 4.78 is 59.8. The van der Waals surface area contributed by atoms with Gasteiger partial charge in [0.15, 0.2) is 21.8 Å². The van der Waals surface area contributed by atoms with Gasteiger partial charge in [-0.25, -0.2) is 9.59 Å². The summed E-state index contributed by atoms with van der Waals surface area (Å²) in [6, 6.07) is 26.2. The molecule has 5 aromatic rings. The number of rotatable bonds is 8. The van der Waals surface area contributed by atoms with Gasteiger partial charge < -0.3 is 18.9 Å². The molecule has 0 unspecified atom stereocenters. The van der Waals surface area contributed by atoms with E-state index < -0.39 is 46.7 Å². The van der Waals surface area contributed by atoms with Crippen LogP contribution in [0.3, 0.4) is 0 Å². The Kier molecular flexibility index (Phi) is 7.83. The molecule has 0 fully saturated rings. The quantitative estimate of drug-likeness (QED) is 0.133. The van der Waals surface area contributed by atoms with Gasteiger partial charge in [0.2, 0.25) is 4.90 Å². The number of methoxy groups -OCH3 is 1. The van der Waals surface area contributed by atoms with Gasteiger partial charge in [-0.3, -0.25) is 0 Å². The minimum Gasteiger partial charge on any atom is -0.491 e. The Hall–Kier alpha value is -4.57. The Morgan fingerprint density at radius 3 is 1.98 bits per heavy atom. The monoisotopic (exact) mass is 595 g/mol. The second-order valence-corrected chi connectivity index (χ2v) is 11.7. The number of alkyl halides is 3. The molecule has 0 aliphatic rings. The molecule has 0 spiro atoms. The fraction of sp³-hybridized carbons (Fsp3) is 0.188. The van der Waals surface area contributed by atoms with Crippen LogP contribution in [-0.4, -0.2) is 32.0 Å². The molecule has 0 bridgehead atoms. The standard InChI is InChI=1S/C32H26F3O6S/c1-31(2,21-13-15-22(16-14-21)40-32(33,34)35)41-29(36)19-39-30(37)20-12-17-25(38-3)28(18-20)42-26-10-6-4-8-23(26)24-9-5-7-11-27(24)42/h4-18H,19H2,1-3H3/q+1. The highest BCUT2D eigenvalue weighted by molar-refractivity contribution is 7.50. The second-order valence-electron chi connectivity index (χ2n) is 9.80. The van der Waals surface area contributed by atoms with Crippen molar-refractivity contribution in [1.29, 1.82) is 0 Å². The maximum absolute atomic E-state index is 13.0. The van der Waals surface area contributed by atoms with Crippen LogP contribution in [0.4, 0.5) is 13.2 Å². The number of thiophene rings is 1. The molecule has 0 saturated heterocycles. The number of esters is 2. The molecular weight excluding hydrogens is 569 g/mol. The molecule has 0 saturated carbocycles. The first-order valence-electron chi connectivity index (χ1n) is 12.8. The van der Waals surface area contributed by atoms with Gasteiger partial charge in [0.05, 0.1) is 12.7 Å². The third-order valence-electron chi connectivity index (χ3n) is 6.60. The third kappa shape index (κ3) is 6.03. The number of carbonyl (C=O) groups is 2. The Bertz CT molecular complexity index is 1720. The lowest BCUT2D eigenvalue weighted by Crippen LogP contribution is -2.28. The molecule has 0 atom stereocenters. The average Bonchev–Trinajstić information content (AvgIpc) is 3.29. The predicted octanol–water partition coefficient (Wildman–Crippen LogP) is 8.27. The Morgan fingerprint density at radius 2 is 1.40 bits per heavy atom. The lowest BCUT2D eigenvalue weighted by atomic mass is 9.98. The Labute approximate surface area is 242 Å². The van der Waals surface area contributed by atoms with Crippen molar-refractivity contribution in [2.24, 2.45) is 0 Å². The largest absolute Gasteiger partial charge is 0.573 e. The lowest BCUT2D eigenvalue weighted by molar-refractivity contribution is -0.274. The van der Waals surface area contributed by atoms with Gasteiger partial charge >= 0.3 is 18.3 Å². The summed E-state index contributed by atoms with van der Waals surface area (Å²) in [5.41, 5.74) is -0.542. The van der Waals surface area contributed by atoms with Crippen LogP contribution in [0.5, 0.6) is 11.5 Å². The van der Waals surface area contributed by atoms with Crippen LogP contribution in [-0.2, 0) is 19.9 Å². The topological polar surface area (TPSA) is 71.1 Å². The van der Waals surface area contributed by atoms with Crippen molar-refractivity contribution in [3.05, 3.63) is 102 Å². The third-order valence-corrected chi connectivity index (χ3v) is 8.95. The van der Waals surface area contributed by atoms with Crippen LogP contribution < -0.4 is 9.47 Å². The highest BCUT2D eigenvalue weighted by atomic mass is 32.2. The fourth-order valence-electron chi connectivity index (χ4n) is 4.69. The Morgan fingerprint density at radius 1 is 0.810 bits per heavy atom. The van der Waals surface area contributed by atoms with E-state index in [0.717, 1.165) is 37.2 Å². The van der Waals surface area contributed by atoms with Gasteiger partial charge in [-0.1, -0.05) is 36.4 Å². The van der Waals surface area contributed by atoms with Gasteiger partial charge in [-0.2, -0.15) is 0 Å². The number of carbonyl (C=O) groups excluding carboxylic acids is 2. The molecule has 0 radical (unpaired) electrons.